The van der Waals surface area contributed by atoms with E-state index in [1.807, 2.05) is 18.4 Å². The van der Waals surface area contributed by atoms with E-state index in [0.717, 1.165) is 43.0 Å². The smallest absolute Gasteiger partial charge is 0.279 e. The van der Waals surface area contributed by atoms with Gasteiger partial charge in [-0.25, -0.2) is 4.39 Å². The van der Waals surface area contributed by atoms with Crippen molar-refractivity contribution in [2.75, 3.05) is 25.0 Å². The van der Waals surface area contributed by atoms with E-state index in [-0.39, 0.29) is 17.7 Å². The molecule has 1 aliphatic rings. The molecular formula is C19H24FN2O2S+. The van der Waals surface area contributed by atoms with Crippen molar-refractivity contribution in [2.45, 2.75) is 32.4 Å². The molecule has 0 radical (unpaired) electrons. The van der Waals surface area contributed by atoms with Crippen LogP contribution in [0.3, 0.4) is 0 Å². The third-order valence-electron chi connectivity index (χ3n) is 4.35. The van der Waals surface area contributed by atoms with Gasteiger partial charge in [-0.05, 0) is 48.9 Å². The van der Waals surface area contributed by atoms with Gasteiger partial charge in [0.2, 0.25) is 0 Å². The minimum absolute atomic E-state index is 0.174. The van der Waals surface area contributed by atoms with Crippen molar-refractivity contribution in [1.29, 1.82) is 0 Å². The summed E-state index contributed by atoms with van der Waals surface area (Å²) in [5.41, 5.74) is 1.07. The third kappa shape index (κ3) is 5.36. The van der Waals surface area contributed by atoms with Crippen molar-refractivity contribution >= 4 is 22.9 Å². The highest BCUT2D eigenvalue weighted by Crippen LogP contribution is 2.15. The number of nitrogens with one attached hydrogen (secondary N) is 2. The van der Waals surface area contributed by atoms with Crippen LogP contribution in [0.1, 0.15) is 23.3 Å². The van der Waals surface area contributed by atoms with E-state index < -0.39 is 5.82 Å². The minimum Gasteiger partial charge on any atom is -0.372 e. The third-order valence-corrected chi connectivity index (χ3v) is 5.23. The lowest BCUT2D eigenvalue weighted by Gasteiger charge is -2.21. The first-order valence-corrected chi connectivity index (χ1v) is 9.51. The molecule has 0 aliphatic carbocycles. The summed E-state index contributed by atoms with van der Waals surface area (Å²) in [6, 6.07) is 8.93. The van der Waals surface area contributed by atoms with Crippen LogP contribution in [0, 0.1) is 12.7 Å². The number of hydrogen-bond donors (Lipinski definition) is 2. The number of rotatable bonds is 7. The lowest BCUT2D eigenvalue weighted by Crippen LogP contribution is -3.12. The number of halogens is 1. The number of ether oxygens (including phenoxy) is 1. The molecule has 1 aromatic carbocycles. The Bertz CT molecular complexity index is 699. The van der Waals surface area contributed by atoms with Gasteiger partial charge in [0.1, 0.15) is 25.0 Å². The molecule has 0 bridgehead atoms. The summed E-state index contributed by atoms with van der Waals surface area (Å²) >= 11 is 1.69. The fraction of sp³-hybridized carbons (Fsp3) is 0.421. The van der Waals surface area contributed by atoms with Gasteiger partial charge >= 0.3 is 0 Å². The number of benzene rings is 1. The lowest BCUT2D eigenvalue weighted by molar-refractivity contribution is -0.908. The minimum atomic E-state index is -0.396. The first-order valence-electron chi connectivity index (χ1n) is 8.63. The number of thiophene rings is 1. The molecule has 2 heterocycles. The van der Waals surface area contributed by atoms with E-state index in [2.05, 4.69) is 11.4 Å². The van der Waals surface area contributed by atoms with Gasteiger partial charge < -0.3 is 15.0 Å². The monoisotopic (exact) mass is 363 g/mol. The van der Waals surface area contributed by atoms with E-state index >= 15 is 0 Å². The molecule has 134 valence electrons. The molecule has 1 aliphatic heterocycles. The van der Waals surface area contributed by atoms with Gasteiger partial charge in [0.05, 0.1) is 10.6 Å². The fourth-order valence-electron chi connectivity index (χ4n) is 3.14. The number of hydrogen-bond acceptors (Lipinski definition) is 3. The quantitative estimate of drug-likeness (QED) is 0.793. The van der Waals surface area contributed by atoms with Gasteiger partial charge in [-0.1, -0.05) is 12.1 Å². The number of anilines is 1. The molecule has 1 saturated heterocycles. The Morgan fingerprint density at radius 3 is 3.00 bits per heavy atom. The van der Waals surface area contributed by atoms with Crippen LogP contribution in [0.4, 0.5) is 10.1 Å². The van der Waals surface area contributed by atoms with Gasteiger partial charge in [0.25, 0.3) is 5.91 Å². The van der Waals surface area contributed by atoms with Crippen LogP contribution in [0.25, 0.3) is 0 Å². The molecule has 2 aromatic rings. The molecule has 2 atom stereocenters. The fourth-order valence-corrected chi connectivity index (χ4v) is 3.91. The molecule has 6 heteroatoms. The van der Waals surface area contributed by atoms with Crippen LogP contribution in [-0.4, -0.2) is 31.7 Å². The Labute approximate surface area is 151 Å². The normalized spacial score (nSPS) is 18.2. The Balaban J connectivity index is 1.62. The average Bonchev–Trinajstić information content (AvgIpc) is 3.24. The Kier molecular flexibility index (Phi) is 6.18. The standard InChI is InChI=1S/C19H23FN2O2S/c1-14-6-7-18(17(20)10-14)21-19(23)13-22(11-15-4-2-8-24-15)12-16-5-3-9-25-16/h3,5-7,9-10,15H,2,4,8,11-13H2,1H3,(H,21,23)/p+1/t15-/m1/s1. The SMILES string of the molecule is Cc1ccc(NC(=O)C[NH+](Cc2cccs2)C[C@H]2CCCO2)c(F)c1. The molecule has 1 fully saturated rings. The second-order valence-corrected chi connectivity index (χ2v) is 7.59. The highest BCUT2D eigenvalue weighted by Gasteiger charge is 2.24. The van der Waals surface area contributed by atoms with Crippen LogP contribution in [0.5, 0.6) is 0 Å². The maximum Gasteiger partial charge on any atom is 0.279 e. The van der Waals surface area contributed by atoms with E-state index in [9.17, 15) is 9.18 Å². The van der Waals surface area contributed by atoms with Gasteiger partial charge in [0.15, 0.2) is 6.54 Å². The molecule has 3 rings (SSSR count). The van der Waals surface area contributed by atoms with Crippen molar-refractivity contribution in [2.24, 2.45) is 0 Å². The molecule has 1 amide bonds. The van der Waals surface area contributed by atoms with Crippen LogP contribution < -0.4 is 10.2 Å². The molecule has 25 heavy (non-hydrogen) atoms. The predicted molar refractivity (Wildman–Crippen MR) is 97.5 cm³/mol. The second-order valence-electron chi connectivity index (χ2n) is 6.55. The zero-order valence-corrected chi connectivity index (χ0v) is 15.2. The van der Waals surface area contributed by atoms with Crippen molar-refractivity contribution < 1.29 is 18.8 Å². The number of amides is 1. The predicted octanol–water partition coefficient (Wildman–Crippen LogP) is 2.40. The Hall–Kier alpha value is -1.76. The van der Waals surface area contributed by atoms with Crippen LogP contribution in [-0.2, 0) is 16.1 Å². The summed E-state index contributed by atoms with van der Waals surface area (Å²) in [5.74, 6) is -0.570. The lowest BCUT2D eigenvalue weighted by atomic mass is 10.2. The molecule has 0 saturated carbocycles. The van der Waals surface area contributed by atoms with E-state index in [1.54, 1.807) is 23.5 Å². The Morgan fingerprint density at radius 1 is 1.44 bits per heavy atom. The zero-order valence-electron chi connectivity index (χ0n) is 14.4. The average molecular weight is 363 g/mol. The molecule has 2 N–H and O–H groups in total. The highest BCUT2D eigenvalue weighted by atomic mass is 32.1. The summed E-state index contributed by atoms with van der Waals surface area (Å²) in [4.78, 5) is 14.8. The number of aryl methyl sites for hydroxylation is 1. The maximum atomic E-state index is 13.9. The van der Waals surface area contributed by atoms with Gasteiger partial charge in [-0.3, -0.25) is 4.79 Å². The summed E-state index contributed by atoms with van der Waals surface area (Å²) in [6.07, 6.45) is 2.33. The Morgan fingerprint density at radius 2 is 2.32 bits per heavy atom. The van der Waals surface area contributed by atoms with E-state index in [0.29, 0.717) is 6.54 Å². The van der Waals surface area contributed by atoms with Crippen LogP contribution >= 0.6 is 11.3 Å². The summed E-state index contributed by atoms with van der Waals surface area (Å²) in [7, 11) is 0. The molecule has 4 nitrogen and oxygen atoms in total. The largest absolute Gasteiger partial charge is 0.372 e. The van der Waals surface area contributed by atoms with E-state index in [1.165, 1.54) is 10.9 Å². The first-order chi connectivity index (χ1) is 12.1. The summed E-state index contributed by atoms with van der Waals surface area (Å²) in [5, 5.41) is 4.74. The molecule has 1 unspecified atom stereocenters. The van der Waals surface area contributed by atoms with Gasteiger partial charge in [-0.2, -0.15) is 0 Å². The summed E-state index contributed by atoms with van der Waals surface area (Å²) in [6.45, 7) is 4.50. The molecule has 0 spiro atoms. The van der Waals surface area contributed by atoms with Crippen LogP contribution in [0.2, 0.25) is 0 Å². The number of quaternary nitrogens is 1. The number of carbonyl (C=O) groups is 1. The summed E-state index contributed by atoms with van der Waals surface area (Å²) < 4.78 is 19.7. The van der Waals surface area contributed by atoms with E-state index in [4.69, 9.17) is 4.74 Å². The van der Waals surface area contributed by atoms with Crippen molar-refractivity contribution in [3.8, 4) is 0 Å². The van der Waals surface area contributed by atoms with Gasteiger partial charge in [0, 0.05) is 6.61 Å². The van der Waals surface area contributed by atoms with Crippen molar-refractivity contribution in [3.05, 3.63) is 52.0 Å². The van der Waals surface area contributed by atoms with Crippen molar-refractivity contribution in [1.82, 2.24) is 0 Å². The second kappa shape index (κ2) is 8.56. The zero-order chi connectivity index (χ0) is 17.6. The van der Waals surface area contributed by atoms with Crippen molar-refractivity contribution in [3.63, 3.8) is 0 Å². The highest BCUT2D eigenvalue weighted by molar-refractivity contribution is 7.09. The maximum absolute atomic E-state index is 13.9. The number of carbonyl (C=O) groups excluding carboxylic acids is 1. The molecular weight excluding hydrogens is 339 g/mol. The first kappa shape index (κ1) is 18.0. The molecule has 1 aromatic heterocycles. The van der Waals surface area contributed by atoms with Gasteiger partial charge in [-0.15, -0.1) is 11.3 Å². The van der Waals surface area contributed by atoms with Crippen LogP contribution in [0.15, 0.2) is 35.7 Å². The topological polar surface area (TPSA) is 42.8 Å².